The van der Waals surface area contributed by atoms with Crippen LogP contribution in [0, 0.1) is 20.8 Å². The second-order valence-electron chi connectivity index (χ2n) is 7.04. The molecular formula is C21H26N6O3S2. The molecule has 2 amide bonds. The number of nitrogens with one attached hydrogen (secondary N) is 2. The van der Waals surface area contributed by atoms with Crippen molar-refractivity contribution in [2.24, 2.45) is 0 Å². The number of rotatable bonds is 10. The van der Waals surface area contributed by atoms with Crippen LogP contribution in [0.5, 0.6) is 5.75 Å². The average molecular weight is 475 g/mol. The number of thioether (sulfide) groups is 1. The number of para-hydroxylation sites is 1. The van der Waals surface area contributed by atoms with Gasteiger partial charge in [-0.3, -0.25) is 9.59 Å². The van der Waals surface area contributed by atoms with E-state index in [4.69, 9.17) is 4.74 Å². The smallest absolute Gasteiger partial charge is 0.258 e. The van der Waals surface area contributed by atoms with Gasteiger partial charge in [0, 0.05) is 17.6 Å². The largest absolute Gasteiger partial charge is 0.483 e. The highest BCUT2D eigenvalue weighted by atomic mass is 32.2. The van der Waals surface area contributed by atoms with E-state index in [1.165, 1.54) is 23.1 Å². The molecule has 0 bridgehead atoms. The minimum absolute atomic E-state index is 0.0794. The molecule has 3 rings (SSSR count). The van der Waals surface area contributed by atoms with Gasteiger partial charge in [0.1, 0.15) is 5.75 Å². The Morgan fingerprint density at radius 2 is 1.91 bits per heavy atom. The Bertz CT molecular complexity index is 1070. The highest BCUT2D eigenvalue weighted by Crippen LogP contribution is 2.22. The van der Waals surface area contributed by atoms with Crippen LogP contribution in [0.15, 0.2) is 29.6 Å². The Morgan fingerprint density at radius 3 is 2.56 bits per heavy atom. The van der Waals surface area contributed by atoms with E-state index in [9.17, 15) is 9.59 Å². The van der Waals surface area contributed by atoms with Crippen molar-refractivity contribution in [2.45, 2.75) is 45.9 Å². The lowest BCUT2D eigenvalue weighted by atomic mass is 10.1. The van der Waals surface area contributed by atoms with E-state index < -0.39 is 0 Å². The third kappa shape index (κ3) is 6.30. The minimum Gasteiger partial charge on any atom is -0.483 e. The Balaban J connectivity index is 1.49. The lowest BCUT2D eigenvalue weighted by Crippen LogP contribution is -2.29. The van der Waals surface area contributed by atoms with E-state index in [-0.39, 0.29) is 30.7 Å². The quantitative estimate of drug-likeness (QED) is 0.434. The molecule has 2 heterocycles. The molecule has 0 aliphatic rings. The summed E-state index contributed by atoms with van der Waals surface area (Å²) in [6.45, 7) is 8.55. The SMILES string of the molecule is CCn1c(CNC(=O)COc2c(C)cccc2C)nnc1SCC(=O)Nc1ncc(C)s1. The van der Waals surface area contributed by atoms with Crippen LogP contribution in [-0.2, 0) is 22.7 Å². The molecule has 2 N–H and O–H groups in total. The fourth-order valence-corrected chi connectivity index (χ4v) is 4.47. The van der Waals surface area contributed by atoms with Crippen LogP contribution in [0.1, 0.15) is 28.8 Å². The fraction of sp³-hybridized carbons (Fsp3) is 0.381. The summed E-state index contributed by atoms with van der Waals surface area (Å²) in [7, 11) is 0. The van der Waals surface area contributed by atoms with E-state index in [1.807, 2.05) is 50.5 Å². The number of nitrogens with zero attached hydrogens (tertiary/aromatic N) is 4. The Kier molecular flexibility index (Phi) is 8.23. The molecular weight excluding hydrogens is 448 g/mol. The first-order chi connectivity index (χ1) is 15.4. The molecule has 0 unspecified atom stereocenters. The van der Waals surface area contributed by atoms with Gasteiger partial charge in [0.2, 0.25) is 5.91 Å². The van der Waals surface area contributed by atoms with E-state index in [0.717, 1.165) is 21.8 Å². The van der Waals surface area contributed by atoms with Gasteiger partial charge >= 0.3 is 0 Å². The van der Waals surface area contributed by atoms with Crippen molar-refractivity contribution in [3.05, 3.63) is 46.2 Å². The molecule has 9 nitrogen and oxygen atoms in total. The monoisotopic (exact) mass is 474 g/mol. The molecule has 1 aromatic carbocycles. The van der Waals surface area contributed by atoms with Crippen molar-refractivity contribution in [3.63, 3.8) is 0 Å². The standard InChI is InChI=1S/C21H26N6O3S2/c1-5-27-16(10-22-17(28)11-30-19-13(2)7-6-8-14(19)3)25-26-21(27)31-12-18(29)24-20-23-9-15(4)32-20/h6-9H,5,10-12H2,1-4H3,(H,22,28)(H,23,24,29). The Labute approximate surface area is 195 Å². The van der Waals surface area contributed by atoms with E-state index >= 15 is 0 Å². The summed E-state index contributed by atoms with van der Waals surface area (Å²) in [6.07, 6.45) is 1.72. The highest BCUT2D eigenvalue weighted by Gasteiger charge is 2.15. The van der Waals surface area contributed by atoms with Gasteiger partial charge in [0.15, 0.2) is 22.7 Å². The molecule has 0 atom stereocenters. The predicted octanol–water partition coefficient (Wildman–Crippen LogP) is 3.11. The number of benzene rings is 1. The molecule has 11 heteroatoms. The molecule has 2 aromatic heterocycles. The number of hydrogen-bond donors (Lipinski definition) is 2. The van der Waals surface area contributed by atoms with Crippen molar-refractivity contribution in [1.29, 1.82) is 0 Å². The number of anilines is 1. The zero-order valence-corrected chi connectivity index (χ0v) is 20.1. The molecule has 0 saturated heterocycles. The van der Waals surface area contributed by atoms with E-state index in [1.54, 1.807) is 6.20 Å². The summed E-state index contributed by atoms with van der Waals surface area (Å²) in [5, 5.41) is 15.1. The Hall–Kier alpha value is -2.92. The van der Waals surface area contributed by atoms with Gasteiger partial charge in [0.05, 0.1) is 12.3 Å². The average Bonchev–Trinajstić information content (AvgIpc) is 3.35. The van der Waals surface area contributed by atoms with Crippen LogP contribution in [-0.4, -0.2) is 43.9 Å². The molecule has 0 aliphatic heterocycles. The third-order valence-electron chi connectivity index (χ3n) is 4.51. The van der Waals surface area contributed by atoms with Gasteiger partial charge < -0.3 is 19.9 Å². The predicted molar refractivity (Wildman–Crippen MR) is 125 cm³/mol. The summed E-state index contributed by atoms with van der Waals surface area (Å²) in [4.78, 5) is 29.6. The maximum absolute atomic E-state index is 12.3. The van der Waals surface area contributed by atoms with Crippen molar-refractivity contribution in [3.8, 4) is 5.75 Å². The zero-order chi connectivity index (χ0) is 23.1. The van der Waals surface area contributed by atoms with Crippen LogP contribution < -0.4 is 15.4 Å². The molecule has 0 spiro atoms. The third-order valence-corrected chi connectivity index (χ3v) is 6.30. The first-order valence-corrected chi connectivity index (χ1v) is 11.9. The number of carbonyl (C=O) groups excluding carboxylic acids is 2. The highest BCUT2D eigenvalue weighted by molar-refractivity contribution is 7.99. The number of aromatic nitrogens is 4. The van der Waals surface area contributed by atoms with E-state index in [2.05, 4.69) is 25.8 Å². The first kappa shape index (κ1) is 23.7. The number of ether oxygens (including phenoxy) is 1. The minimum atomic E-state index is -0.245. The van der Waals surface area contributed by atoms with Crippen molar-refractivity contribution >= 4 is 40.0 Å². The molecule has 0 fully saturated rings. The van der Waals surface area contributed by atoms with Gasteiger partial charge in [-0.2, -0.15) is 0 Å². The lowest BCUT2D eigenvalue weighted by molar-refractivity contribution is -0.123. The van der Waals surface area contributed by atoms with Crippen molar-refractivity contribution in [1.82, 2.24) is 25.1 Å². The maximum atomic E-state index is 12.3. The summed E-state index contributed by atoms with van der Waals surface area (Å²) in [5.41, 5.74) is 1.97. The van der Waals surface area contributed by atoms with Crippen LogP contribution in [0.25, 0.3) is 0 Å². The molecule has 32 heavy (non-hydrogen) atoms. The summed E-state index contributed by atoms with van der Waals surface area (Å²) < 4.78 is 7.56. The summed E-state index contributed by atoms with van der Waals surface area (Å²) >= 11 is 2.72. The van der Waals surface area contributed by atoms with Gasteiger partial charge in [-0.1, -0.05) is 30.0 Å². The maximum Gasteiger partial charge on any atom is 0.258 e. The van der Waals surface area contributed by atoms with Gasteiger partial charge in [-0.15, -0.1) is 21.5 Å². The van der Waals surface area contributed by atoms with Crippen LogP contribution in [0.2, 0.25) is 0 Å². The molecule has 0 saturated carbocycles. The summed E-state index contributed by atoms with van der Waals surface area (Å²) in [6, 6.07) is 5.84. The van der Waals surface area contributed by atoms with Crippen LogP contribution in [0.3, 0.4) is 0 Å². The normalized spacial score (nSPS) is 10.8. The van der Waals surface area contributed by atoms with Crippen molar-refractivity contribution in [2.75, 3.05) is 17.7 Å². The molecule has 0 aliphatic carbocycles. The number of hydrogen-bond acceptors (Lipinski definition) is 8. The number of amides is 2. The first-order valence-electron chi connectivity index (χ1n) is 10.1. The lowest BCUT2D eigenvalue weighted by Gasteiger charge is -2.12. The number of aryl methyl sites for hydroxylation is 3. The van der Waals surface area contributed by atoms with Gasteiger partial charge in [-0.05, 0) is 38.8 Å². The second kappa shape index (κ2) is 11.1. The number of carbonyl (C=O) groups is 2. The molecule has 0 radical (unpaired) electrons. The van der Waals surface area contributed by atoms with E-state index in [0.29, 0.717) is 22.7 Å². The van der Waals surface area contributed by atoms with Crippen molar-refractivity contribution < 1.29 is 14.3 Å². The van der Waals surface area contributed by atoms with Gasteiger partial charge in [-0.25, -0.2) is 4.98 Å². The van der Waals surface area contributed by atoms with Crippen LogP contribution >= 0.6 is 23.1 Å². The summed E-state index contributed by atoms with van der Waals surface area (Å²) in [5.74, 6) is 1.13. The van der Waals surface area contributed by atoms with Gasteiger partial charge in [0.25, 0.3) is 5.91 Å². The Morgan fingerprint density at radius 1 is 1.16 bits per heavy atom. The zero-order valence-electron chi connectivity index (χ0n) is 18.5. The second-order valence-corrected chi connectivity index (χ2v) is 9.22. The van der Waals surface area contributed by atoms with Crippen LogP contribution in [0.4, 0.5) is 5.13 Å². The fourth-order valence-electron chi connectivity index (χ4n) is 2.97. The molecule has 3 aromatic rings. The topological polar surface area (TPSA) is 111 Å². The molecule has 170 valence electrons. The number of thiazole rings is 1.